The molecule has 2 heteroatoms. The second-order valence-electron chi connectivity index (χ2n) is 17.5. The third-order valence-electron chi connectivity index (χ3n) is 13.7. The van der Waals surface area contributed by atoms with Crippen molar-refractivity contribution < 1.29 is 4.42 Å². The first-order valence-corrected chi connectivity index (χ1v) is 22.6. The maximum atomic E-state index is 6.64. The Balaban J connectivity index is 0.946. The molecule has 0 bridgehead atoms. The molecule has 0 spiro atoms. The topological polar surface area (TPSA) is 13.1 Å². The van der Waals surface area contributed by atoms with Crippen LogP contribution in [0.5, 0.6) is 0 Å². The molecule has 63 heavy (non-hydrogen) atoms. The maximum Gasteiger partial charge on any atom is 0.153 e. The molecule has 13 rings (SSSR count). The lowest BCUT2D eigenvalue weighted by molar-refractivity contribution is 0.661. The van der Waals surface area contributed by atoms with E-state index in [4.69, 9.17) is 4.42 Å². The van der Waals surface area contributed by atoms with Gasteiger partial charge in [0, 0.05) is 31.7 Å². The molecule has 0 unspecified atom stereocenters. The number of rotatable bonds is 3. The number of hydrogen-bond acceptors (Lipinski definition) is 2. The smallest absolute Gasteiger partial charge is 0.153 e. The molecule has 0 saturated heterocycles. The number of thiophene rings is 1. The van der Waals surface area contributed by atoms with E-state index in [1.165, 1.54) is 119 Å². The quantitative estimate of drug-likeness (QED) is 0.173. The Kier molecular flexibility index (Phi) is 7.89. The summed E-state index contributed by atoms with van der Waals surface area (Å²) in [5.41, 5.74) is 14.4. The van der Waals surface area contributed by atoms with Crippen molar-refractivity contribution in [3.63, 3.8) is 0 Å². The van der Waals surface area contributed by atoms with Crippen LogP contribution in [0, 0.1) is 0 Å². The van der Waals surface area contributed by atoms with Crippen LogP contribution in [0.4, 0.5) is 0 Å². The van der Waals surface area contributed by atoms with Gasteiger partial charge in [-0.15, -0.1) is 11.3 Å². The van der Waals surface area contributed by atoms with E-state index in [1.807, 2.05) is 11.3 Å². The van der Waals surface area contributed by atoms with Crippen molar-refractivity contribution >= 4 is 85.8 Å². The molecule has 296 valence electrons. The number of hydrogen-bond donors (Lipinski definition) is 0. The van der Waals surface area contributed by atoms with E-state index in [0.29, 0.717) is 0 Å². The van der Waals surface area contributed by atoms with E-state index in [9.17, 15) is 0 Å². The molecule has 2 aromatic heterocycles. The van der Waals surface area contributed by atoms with Gasteiger partial charge in [0.15, 0.2) is 5.58 Å². The van der Waals surface area contributed by atoms with Crippen molar-refractivity contribution in [2.45, 2.75) is 19.3 Å². The van der Waals surface area contributed by atoms with Gasteiger partial charge in [-0.1, -0.05) is 190 Å². The van der Waals surface area contributed by atoms with Gasteiger partial charge in [0.1, 0.15) is 5.58 Å². The predicted octanol–water partition coefficient (Wildman–Crippen LogP) is 17.8. The van der Waals surface area contributed by atoms with Crippen molar-refractivity contribution in [2.24, 2.45) is 0 Å². The van der Waals surface area contributed by atoms with E-state index in [-0.39, 0.29) is 5.41 Å². The van der Waals surface area contributed by atoms with Gasteiger partial charge in [-0.25, -0.2) is 0 Å². The molecular weight excluding hydrogens is 781 g/mol. The van der Waals surface area contributed by atoms with Gasteiger partial charge >= 0.3 is 0 Å². The third kappa shape index (κ3) is 5.41. The summed E-state index contributed by atoms with van der Waals surface area (Å²) < 4.78 is 9.13. The van der Waals surface area contributed by atoms with Gasteiger partial charge in [-0.3, -0.25) is 0 Å². The highest BCUT2D eigenvalue weighted by molar-refractivity contribution is 7.26. The highest BCUT2D eigenvalue weighted by atomic mass is 32.1. The van der Waals surface area contributed by atoms with Crippen LogP contribution in [-0.2, 0) is 5.41 Å². The zero-order valence-electron chi connectivity index (χ0n) is 34.9. The first-order valence-electron chi connectivity index (χ1n) is 21.8. The zero-order chi connectivity index (χ0) is 41.8. The lowest BCUT2D eigenvalue weighted by atomic mass is 9.80. The molecule has 1 aliphatic rings. The Labute approximate surface area is 369 Å². The summed E-state index contributed by atoms with van der Waals surface area (Å²) in [6, 6.07) is 76.0. The molecule has 0 fully saturated rings. The number of furan rings is 1. The van der Waals surface area contributed by atoms with Gasteiger partial charge < -0.3 is 4.42 Å². The molecule has 0 aliphatic heterocycles. The van der Waals surface area contributed by atoms with Gasteiger partial charge in [-0.2, -0.15) is 0 Å². The van der Waals surface area contributed by atoms with Crippen LogP contribution in [-0.4, -0.2) is 0 Å². The van der Waals surface area contributed by atoms with Crippen molar-refractivity contribution in [2.75, 3.05) is 0 Å². The molecule has 0 N–H and O–H groups in total. The monoisotopic (exact) mass is 820 g/mol. The first-order chi connectivity index (χ1) is 31.0. The second kappa shape index (κ2) is 13.7. The second-order valence-corrected chi connectivity index (χ2v) is 18.6. The van der Waals surface area contributed by atoms with E-state index in [0.717, 1.165) is 11.2 Å². The Bertz CT molecular complexity index is 3950. The number of para-hydroxylation sites is 1. The standard InChI is InChI=1S/C61H40OS/c1-61(2)53-35-39(38-30-33-56-52(34-38)58-50-24-12-11-23-49(50)57-51-25-13-14-27-55(51)62-59(57)60(58)63-56)28-31-47(53)48-32-29-40(36-54(48)61)42-18-5-3-4-6-20-45(46-22-10-9-21-43(42)46)44-26-15-17-37-16-7-8-19-41(37)44/h3-36H,1-2H3. The minimum absolute atomic E-state index is 0.207. The van der Waals surface area contributed by atoms with Crippen LogP contribution >= 0.6 is 11.3 Å². The number of fused-ring (bicyclic) bond motifs is 15. The molecule has 0 saturated carbocycles. The molecular formula is C61H40OS. The summed E-state index contributed by atoms with van der Waals surface area (Å²) in [4.78, 5) is 0. The largest absolute Gasteiger partial charge is 0.455 e. The lowest BCUT2D eigenvalue weighted by Crippen LogP contribution is -2.15. The minimum Gasteiger partial charge on any atom is -0.455 e. The fourth-order valence-corrected chi connectivity index (χ4v) is 11.9. The van der Waals surface area contributed by atoms with Crippen LogP contribution < -0.4 is 0 Å². The molecule has 12 aromatic rings. The normalized spacial score (nSPS) is 13.0. The van der Waals surface area contributed by atoms with Crippen LogP contribution in [0.3, 0.4) is 0 Å². The van der Waals surface area contributed by atoms with Gasteiger partial charge in [-0.05, 0) is 118 Å². The van der Waals surface area contributed by atoms with Crippen molar-refractivity contribution in [1.29, 1.82) is 0 Å². The number of benzene rings is 9. The van der Waals surface area contributed by atoms with E-state index in [1.54, 1.807) is 0 Å². The van der Waals surface area contributed by atoms with Crippen molar-refractivity contribution in [3.8, 4) is 44.5 Å². The summed E-state index contributed by atoms with van der Waals surface area (Å²) >= 11 is 1.84. The molecule has 0 radical (unpaired) electrons. The summed E-state index contributed by atoms with van der Waals surface area (Å²) in [7, 11) is 0. The Hall–Kier alpha value is -7.52. The molecule has 1 nitrogen and oxygen atoms in total. The third-order valence-corrected chi connectivity index (χ3v) is 14.9. The first kappa shape index (κ1) is 36.2. The predicted molar refractivity (Wildman–Crippen MR) is 271 cm³/mol. The van der Waals surface area contributed by atoms with Crippen LogP contribution in [0.1, 0.15) is 25.0 Å². The highest BCUT2D eigenvalue weighted by Crippen LogP contribution is 2.52. The average molecular weight is 821 g/mol. The molecule has 0 amide bonds. The Morgan fingerprint density at radius 3 is 1.67 bits per heavy atom. The van der Waals surface area contributed by atoms with Crippen LogP contribution in [0.15, 0.2) is 211 Å². The van der Waals surface area contributed by atoms with Gasteiger partial charge in [0.2, 0.25) is 0 Å². The summed E-state index contributed by atoms with van der Waals surface area (Å²) in [5, 5.41) is 12.4. The van der Waals surface area contributed by atoms with E-state index >= 15 is 0 Å². The minimum atomic E-state index is -0.207. The summed E-state index contributed by atoms with van der Waals surface area (Å²) in [5.74, 6) is 0. The van der Waals surface area contributed by atoms with Crippen LogP contribution in [0.25, 0.3) is 119 Å². The molecule has 0 atom stereocenters. The fourth-order valence-electron chi connectivity index (χ4n) is 10.7. The fraction of sp³-hybridized carbons (Fsp3) is 0.0492. The Morgan fingerprint density at radius 2 is 0.889 bits per heavy atom. The van der Waals surface area contributed by atoms with Crippen molar-refractivity contribution in [1.82, 2.24) is 0 Å². The maximum absolute atomic E-state index is 6.64. The van der Waals surface area contributed by atoms with Crippen molar-refractivity contribution in [3.05, 3.63) is 217 Å². The SMILES string of the molecule is CC1(C)c2cc(-c3ccc4sc5c6oc7ccccc7c6c6ccccc6c5c4c3)ccc2-c2ccc(-c3ccccccc(-c4cccc5ccccc45)c4ccccc34)cc21. The average Bonchev–Trinajstić information content (AvgIpc) is 3.98. The lowest BCUT2D eigenvalue weighted by Gasteiger charge is -2.23. The highest BCUT2D eigenvalue weighted by Gasteiger charge is 2.36. The summed E-state index contributed by atoms with van der Waals surface area (Å²) in [6.07, 6.45) is 0. The van der Waals surface area contributed by atoms with E-state index < -0.39 is 0 Å². The van der Waals surface area contributed by atoms with Gasteiger partial charge in [0.25, 0.3) is 0 Å². The van der Waals surface area contributed by atoms with E-state index in [2.05, 4.69) is 220 Å². The molecule has 10 aromatic carbocycles. The Morgan fingerprint density at radius 1 is 0.365 bits per heavy atom. The van der Waals surface area contributed by atoms with Gasteiger partial charge in [0.05, 0.1) is 4.70 Å². The molecule has 1 aliphatic carbocycles. The summed E-state index contributed by atoms with van der Waals surface area (Å²) in [6.45, 7) is 4.79. The zero-order valence-corrected chi connectivity index (χ0v) is 35.8. The van der Waals surface area contributed by atoms with Crippen LogP contribution in [0.2, 0.25) is 0 Å². The molecule has 2 heterocycles.